The molecule has 1 saturated heterocycles. The first-order chi connectivity index (χ1) is 15.7. The molecule has 0 amide bonds. The van der Waals surface area contributed by atoms with Gasteiger partial charge in [0.2, 0.25) is 5.95 Å². The van der Waals surface area contributed by atoms with Crippen LogP contribution in [0.4, 0.5) is 5.95 Å². The molecule has 1 fully saturated rings. The molecule has 0 saturated carbocycles. The topological polar surface area (TPSA) is 242 Å². The molecule has 16 nitrogen and oxygen atoms in total. The van der Waals surface area contributed by atoms with E-state index in [1.165, 1.54) is 10.9 Å². The van der Waals surface area contributed by atoms with Crippen molar-refractivity contribution in [3.05, 3.63) is 16.7 Å². The molecule has 2 unspecified atom stereocenters. The van der Waals surface area contributed by atoms with Crippen LogP contribution >= 0.6 is 45.3 Å². The maximum atomic E-state index is 12.0. The van der Waals surface area contributed by atoms with Gasteiger partial charge in [-0.3, -0.25) is 14.3 Å². The molecular formula is C12H20N5O11P3S3. The lowest BCUT2D eigenvalue weighted by molar-refractivity contribution is -0.0373. The van der Waals surface area contributed by atoms with Crippen LogP contribution in [0, 0.1) is 0 Å². The van der Waals surface area contributed by atoms with Gasteiger partial charge in [-0.2, -0.15) is 21.9 Å². The standard InChI is InChI=1S/C12H20N5O11P3S3/c13-12-15-10-9(11(19)16-12)14-5-17(10)8-3-6(18)7(26-8)4-25-31(33,34-2-1-32)28-30(23,24)27-29(20,21)22/h5-8,18,32H,1-4H2,(H,23,24)(H2,20,21,22)(H3,13,15,16,19)/t6-,7+,8+,31?/m0/s1. The highest BCUT2D eigenvalue weighted by Crippen LogP contribution is 2.73. The third kappa shape index (κ3) is 7.33. The third-order valence-electron chi connectivity index (χ3n) is 4.12. The van der Waals surface area contributed by atoms with Gasteiger partial charge in [0.15, 0.2) is 11.2 Å². The van der Waals surface area contributed by atoms with Crippen LogP contribution in [-0.4, -0.2) is 69.6 Å². The predicted molar refractivity (Wildman–Crippen MR) is 128 cm³/mol. The lowest BCUT2D eigenvalue weighted by Crippen LogP contribution is -2.26. The number of hydrogen-bond donors (Lipinski definition) is 7. The number of nitrogen functional groups attached to an aromatic ring is 1. The van der Waals surface area contributed by atoms with Gasteiger partial charge >= 0.3 is 15.6 Å². The summed E-state index contributed by atoms with van der Waals surface area (Å²) in [5.74, 6) is 0.344. The Bertz CT molecular complexity index is 1240. The molecule has 7 N–H and O–H groups in total. The highest BCUT2D eigenvalue weighted by molar-refractivity contribution is 8.68. The SMILES string of the molecule is Nc1nc2c(ncn2[C@H]2C[C@H](O)[C@@H](COP(=S)(OP(=O)(O)OP(=O)(O)O)SCCS)O2)c(=O)[nH]1. The fourth-order valence-electron chi connectivity index (χ4n) is 2.87. The monoisotopic (exact) mass is 599 g/mol. The average Bonchev–Trinajstić information content (AvgIpc) is 3.26. The lowest BCUT2D eigenvalue weighted by Gasteiger charge is -2.25. The highest BCUT2D eigenvalue weighted by atomic mass is 32.9. The quantitative estimate of drug-likeness (QED) is 0.137. The average molecular weight is 599 g/mol. The maximum Gasteiger partial charge on any atom is 0.487 e. The van der Waals surface area contributed by atoms with Gasteiger partial charge < -0.3 is 34.8 Å². The summed E-state index contributed by atoms with van der Waals surface area (Å²) in [5, 5.41) is 10.4. The van der Waals surface area contributed by atoms with Crippen LogP contribution in [0.3, 0.4) is 0 Å². The number of imidazole rings is 1. The second kappa shape index (κ2) is 10.9. The van der Waals surface area contributed by atoms with Gasteiger partial charge in [-0.05, 0) is 17.6 Å². The number of nitrogens with two attached hydrogens (primary N) is 1. The summed E-state index contributed by atoms with van der Waals surface area (Å²) in [6.07, 6.45) is -1.56. The van der Waals surface area contributed by atoms with Crippen LogP contribution in [-0.2, 0) is 38.8 Å². The maximum absolute atomic E-state index is 12.0. The molecule has 3 rings (SSSR count). The predicted octanol–water partition coefficient (Wildman–Crippen LogP) is 0.481. The van der Waals surface area contributed by atoms with Crippen molar-refractivity contribution in [3.8, 4) is 0 Å². The van der Waals surface area contributed by atoms with Crippen molar-refractivity contribution < 1.29 is 46.8 Å². The number of anilines is 1. The van der Waals surface area contributed by atoms with Crippen LogP contribution in [0.15, 0.2) is 11.1 Å². The number of nitrogens with one attached hydrogen (secondary N) is 1. The lowest BCUT2D eigenvalue weighted by atomic mass is 10.2. The largest absolute Gasteiger partial charge is 0.487 e. The summed E-state index contributed by atoms with van der Waals surface area (Å²) < 4.78 is 44.2. The van der Waals surface area contributed by atoms with E-state index < -0.39 is 51.9 Å². The molecule has 22 heteroatoms. The molecular weight excluding hydrogens is 579 g/mol. The minimum atomic E-state index is -5.37. The Labute approximate surface area is 205 Å². The number of rotatable bonds is 11. The van der Waals surface area contributed by atoms with Crippen molar-refractivity contribution in [1.82, 2.24) is 19.5 Å². The van der Waals surface area contributed by atoms with Crippen molar-refractivity contribution in [2.75, 3.05) is 23.8 Å². The number of aromatic nitrogens is 4. The first-order valence-electron chi connectivity index (χ1n) is 9.09. The minimum Gasteiger partial charge on any atom is -0.390 e. The molecule has 0 radical (unpaired) electrons. The molecule has 0 aliphatic carbocycles. The van der Waals surface area contributed by atoms with Gasteiger partial charge in [-0.25, -0.2) is 18.4 Å². The fraction of sp³-hybridized carbons (Fsp3) is 0.583. The van der Waals surface area contributed by atoms with E-state index in [9.17, 15) is 23.9 Å². The van der Waals surface area contributed by atoms with E-state index in [1.54, 1.807) is 0 Å². The molecule has 0 spiro atoms. The number of hydrogen-bond acceptors (Lipinski definition) is 14. The summed E-state index contributed by atoms with van der Waals surface area (Å²) in [5.41, 5.74) is 1.46. The minimum absolute atomic E-state index is 0.0165. The van der Waals surface area contributed by atoms with Crippen molar-refractivity contribution in [2.45, 2.75) is 24.9 Å². The second-order valence-electron chi connectivity index (χ2n) is 6.63. The summed E-state index contributed by atoms with van der Waals surface area (Å²) in [7, 11) is -10.7. The molecule has 0 aromatic carbocycles. The molecule has 3 heterocycles. The van der Waals surface area contributed by atoms with Crippen molar-refractivity contribution >= 4 is 74.3 Å². The van der Waals surface area contributed by atoms with E-state index in [-0.39, 0.29) is 35.0 Å². The molecule has 5 atom stereocenters. The smallest absolute Gasteiger partial charge is 0.390 e. The van der Waals surface area contributed by atoms with Crippen molar-refractivity contribution in [3.63, 3.8) is 0 Å². The fourth-order valence-corrected chi connectivity index (χ4v) is 11.3. The van der Waals surface area contributed by atoms with Gasteiger partial charge in [0, 0.05) is 12.2 Å². The molecule has 1 aliphatic rings. The first kappa shape index (κ1) is 28.2. The highest BCUT2D eigenvalue weighted by Gasteiger charge is 2.41. The summed E-state index contributed by atoms with van der Waals surface area (Å²) in [4.78, 5) is 49.5. The number of aliphatic hydroxyl groups is 1. The van der Waals surface area contributed by atoms with E-state index in [0.29, 0.717) is 0 Å². The molecule has 1 aliphatic heterocycles. The normalized spacial score (nSPS) is 24.8. The Morgan fingerprint density at radius 2 is 2.09 bits per heavy atom. The number of H-pyrrole nitrogens is 1. The Balaban J connectivity index is 1.73. The van der Waals surface area contributed by atoms with E-state index in [4.69, 9.17) is 40.9 Å². The zero-order chi connectivity index (χ0) is 25.3. The second-order valence-corrected chi connectivity index (χ2v) is 16.5. The number of thiol groups is 1. The number of aliphatic hydroxyl groups excluding tert-OH is 1. The Morgan fingerprint density at radius 1 is 1.38 bits per heavy atom. The molecule has 0 bridgehead atoms. The van der Waals surface area contributed by atoms with Crippen molar-refractivity contribution in [2.24, 2.45) is 0 Å². The molecule has 2 aromatic heterocycles. The van der Waals surface area contributed by atoms with E-state index in [2.05, 4.69) is 31.9 Å². The Hall–Kier alpha value is -0.360. The van der Waals surface area contributed by atoms with Crippen LogP contribution in [0.1, 0.15) is 12.6 Å². The molecule has 192 valence electrons. The van der Waals surface area contributed by atoms with Gasteiger partial charge in [0.05, 0.1) is 19.0 Å². The number of fused-ring (bicyclic) bond motifs is 1. The van der Waals surface area contributed by atoms with Gasteiger partial charge in [-0.15, -0.1) is 0 Å². The molecule has 2 aromatic rings. The summed E-state index contributed by atoms with van der Waals surface area (Å²) >= 11 is 10.00. The van der Waals surface area contributed by atoms with E-state index in [0.717, 1.165) is 11.4 Å². The van der Waals surface area contributed by atoms with Crippen LogP contribution in [0.5, 0.6) is 0 Å². The van der Waals surface area contributed by atoms with Gasteiger partial charge in [-0.1, -0.05) is 11.4 Å². The van der Waals surface area contributed by atoms with E-state index >= 15 is 0 Å². The first-order valence-corrected chi connectivity index (χ1v) is 17.0. The summed E-state index contributed by atoms with van der Waals surface area (Å²) in [6.45, 7) is -0.410. The number of nitrogens with zero attached hydrogens (tertiary/aromatic N) is 3. The molecule has 34 heavy (non-hydrogen) atoms. The number of ether oxygens (including phenoxy) is 1. The van der Waals surface area contributed by atoms with Crippen LogP contribution in [0.25, 0.3) is 11.2 Å². The number of phosphoric acid groups is 2. The van der Waals surface area contributed by atoms with Gasteiger partial charge in [0.25, 0.3) is 11.3 Å². The Kier molecular flexibility index (Phi) is 9.08. The third-order valence-corrected chi connectivity index (χ3v) is 13.4. The van der Waals surface area contributed by atoms with Crippen LogP contribution in [0.2, 0.25) is 0 Å². The number of aromatic amines is 1. The van der Waals surface area contributed by atoms with Gasteiger partial charge in [0.1, 0.15) is 12.3 Å². The van der Waals surface area contributed by atoms with Crippen molar-refractivity contribution in [1.29, 1.82) is 0 Å². The Morgan fingerprint density at radius 3 is 2.74 bits per heavy atom. The summed E-state index contributed by atoms with van der Waals surface area (Å²) in [6, 6.07) is 0. The van der Waals surface area contributed by atoms with E-state index in [1.807, 2.05) is 0 Å². The zero-order valence-electron chi connectivity index (χ0n) is 16.8. The zero-order valence-corrected chi connectivity index (χ0v) is 22.0. The van der Waals surface area contributed by atoms with Crippen LogP contribution < -0.4 is 11.3 Å².